The fraction of sp³-hybridized carbons (Fsp3) is 0.222. The number of ether oxygens (including phenoxy) is 2. The summed E-state index contributed by atoms with van der Waals surface area (Å²) in [5.41, 5.74) is 0.0674. The molecule has 0 aromatic heterocycles. The van der Waals surface area contributed by atoms with E-state index in [0.29, 0.717) is 5.75 Å². The summed E-state index contributed by atoms with van der Waals surface area (Å²) >= 11 is 0. The molecule has 0 aliphatic rings. The lowest BCUT2D eigenvalue weighted by molar-refractivity contribution is -0.114. The Morgan fingerprint density at radius 3 is 2.36 bits per heavy atom. The Hall–Kier alpha value is -3.27. The van der Waals surface area contributed by atoms with Crippen LogP contribution in [-0.4, -0.2) is 52.4 Å². The molecule has 28 heavy (non-hydrogen) atoms. The third-order valence-corrected chi connectivity index (χ3v) is 4.90. The van der Waals surface area contributed by atoms with E-state index in [1.807, 2.05) is 0 Å². The number of rotatable bonds is 8. The molecule has 0 bridgehead atoms. The summed E-state index contributed by atoms with van der Waals surface area (Å²) in [5.74, 6) is -1.33. The van der Waals surface area contributed by atoms with Crippen LogP contribution >= 0.6 is 0 Å². The van der Waals surface area contributed by atoms with E-state index in [1.54, 1.807) is 12.1 Å². The number of para-hydroxylation sites is 1. The molecule has 9 nitrogen and oxygen atoms in total. The Labute approximate surface area is 162 Å². The highest BCUT2D eigenvalue weighted by atomic mass is 32.2. The molecule has 2 aromatic rings. The first kappa shape index (κ1) is 21.0. The van der Waals surface area contributed by atoms with Crippen LogP contribution in [0.1, 0.15) is 10.4 Å². The van der Waals surface area contributed by atoms with Gasteiger partial charge in [-0.2, -0.15) is 0 Å². The number of aromatic carboxylic acids is 1. The molecule has 10 heteroatoms. The number of hydrogen-bond acceptors (Lipinski definition) is 6. The Kier molecular flexibility index (Phi) is 6.47. The zero-order valence-corrected chi connectivity index (χ0v) is 16.3. The van der Waals surface area contributed by atoms with Crippen molar-refractivity contribution in [2.24, 2.45) is 0 Å². The average molecular weight is 408 g/mol. The van der Waals surface area contributed by atoms with Crippen LogP contribution in [0.3, 0.4) is 0 Å². The topological polar surface area (TPSA) is 122 Å². The highest BCUT2D eigenvalue weighted by Crippen LogP contribution is 2.33. The van der Waals surface area contributed by atoms with Crippen molar-refractivity contribution in [3.8, 4) is 11.5 Å². The van der Waals surface area contributed by atoms with Crippen molar-refractivity contribution in [2.45, 2.75) is 0 Å². The van der Waals surface area contributed by atoms with Crippen LogP contribution in [0.15, 0.2) is 42.5 Å². The predicted molar refractivity (Wildman–Crippen MR) is 104 cm³/mol. The van der Waals surface area contributed by atoms with E-state index >= 15 is 0 Å². The summed E-state index contributed by atoms with van der Waals surface area (Å²) in [7, 11) is -1.08. The fourth-order valence-corrected chi connectivity index (χ4v) is 3.32. The molecular weight excluding hydrogens is 388 g/mol. The highest BCUT2D eigenvalue weighted by Gasteiger charge is 2.25. The molecule has 2 N–H and O–H groups in total. The summed E-state index contributed by atoms with van der Waals surface area (Å²) in [4.78, 5) is 23.8. The van der Waals surface area contributed by atoms with Crippen LogP contribution in [0.4, 0.5) is 11.4 Å². The first-order valence-electron chi connectivity index (χ1n) is 7.99. The molecule has 2 rings (SSSR count). The molecule has 150 valence electrons. The largest absolute Gasteiger partial charge is 0.497 e. The standard InChI is InChI=1S/C18H20N2O7S/c1-26-12-8-9-16(27-2)15(10-12)20(28(3,24)25)11-17(21)19-14-7-5-4-6-13(14)18(22)23/h4-10H,11H2,1-3H3,(H,19,21)(H,22,23). The van der Waals surface area contributed by atoms with Gasteiger partial charge in [-0.25, -0.2) is 13.2 Å². The van der Waals surface area contributed by atoms with Gasteiger partial charge >= 0.3 is 5.97 Å². The number of nitrogens with zero attached hydrogens (tertiary/aromatic N) is 1. The molecule has 0 aliphatic heterocycles. The van der Waals surface area contributed by atoms with E-state index in [-0.39, 0.29) is 22.7 Å². The van der Waals surface area contributed by atoms with Crippen LogP contribution in [0.5, 0.6) is 11.5 Å². The molecule has 0 fully saturated rings. The third kappa shape index (κ3) is 4.92. The second kappa shape index (κ2) is 8.61. The summed E-state index contributed by atoms with van der Waals surface area (Å²) in [6, 6.07) is 10.4. The van der Waals surface area contributed by atoms with Crippen molar-refractivity contribution < 1.29 is 32.6 Å². The van der Waals surface area contributed by atoms with Gasteiger partial charge in [0.15, 0.2) is 0 Å². The summed E-state index contributed by atoms with van der Waals surface area (Å²) in [5, 5.41) is 11.6. The number of methoxy groups -OCH3 is 2. The van der Waals surface area contributed by atoms with Gasteiger partial charge in [-0.3, -0.25) is 9.10 Å². The Balaban J connectivity index is 2.37. The van der Waals surface area contributed by atoms with Gasteiger partial charge < -0.3 is 19.9 Å². The number of benzene rings is 2. The number of carboxylic acids is 1. The van der Waals surface area contributed by atoms with Gasteiger partial charge in [-0.05, 0) is 24.3 Å². The van der Waals surface area contributed by atoms with Crippen molar-refractivity contribution >= 4 is 33.3 Å². The van der Waals surface area contributed by atoms with Gasteiger partial charge in [0.2, 0.25) is 15.9 Å². The maximum Gasteiger partial charge on any atom is 0.337 e. The number of carbonyl (C=O) groups excluding carboxylic acids is 1. The molecule has 0 unspecified atom stereocenters. The molecule has 1 amide bonds. The lowest BCUT2D eigenvalue weighted by Crippen LogP contribution is -2.37. The van der Waals surface area contributed by atoms with Gasteiger partial charge in [0, 0.05) is 6.07 Å². The Morgan fingerprint density at radius 1 is 1.11 bits per heavy atom. The number of anilines is 2. The second-order valence-corrected chi connectivity index (χ2v) is 7.61. The second-order valence-electron chi connectivity index (χ2n) is 5.71. The number of nitrogens with one attached hydrogen (secondary N) is 1. The van der Waals surface area contributed by atoms with Crippen molar-refractivity contribution in [1.29, 1.82) is 0 Å². The maximum absolute atomic E-state index is 12.5. The minimum absolute atomic E-state index is 0.0612. The van der Waals surface area contributed by atoms with Crippen LogP contribution in [0.2, 0.25) is 0 Å². The maximum atomic E-state index is 12.5. The number of carboxylic acid groups (broad SMARTS) is 1. The third-order valence-electron chi connectivity index (χ3n) is 3.77. The normalized spacial score (nSPS) is 10.8. The van der Waals surface area contributed by atoms with Crippen LogP contribution < -0.4 is 19.1 Å². The molecular formula is C18H20N2O7S. The van der Waals surface area contributed by atoms with E-state index < -0.39 is 28.4 Å². The number of amides is 1. The first-order valence-corrected chi connectivity index (χ1v) is 9.84. The number of sulfonamides is 1. The quantitative estimate of drug-likeness (QED) is 0.683. The monoisotopic (exact) mass is 408 g/mol. The van der Waals surface area contributed by atoms with Crippen molar-refractivity contribution in [1.82, 2.24) is 0 Å². The lowest BCUT2D eigenvalue weighted by Gasteiger charge is -2.24. The zero-order chi connectivity index (χ0) is 20.9. The van der Waals surface area contributed by atoms with Crippen LogP contribution in [-0.2, 0) is 14.8 Å². The molecule has 0 atom stereocenters. The lowest BCUT2D eigenvalue weighted by atomic mass is 10.2. The van der Waals surface area contributed by atoms with Crippen LogP contribution in [0, 0.1) is 0 Å². The van der Waals surface area contributed by atoms with E-state index in [2.05, 4.69) is 5.32 Å². The van der Waals surface area contributed by atoms with Gasteiger partial charge in [-0.15, -0.1) is 0 Å². The van der Waals surface area contributed by atoms with Crippen LogP contribution in [0.25, 0.3) is 0 Å². The molecule has 0 spiro atoms. The van der Waals surface area contributed by atoms with Crippen molar-refractivity contribution in [3.63, 3.8) is 0 Å². The van der Waals surface area contributed by atoms with E-state index in [1.165, 1.54) is 44.6 Å². The minimum Gasteiger partial charge on any atom is -0.497 e. The molecule has 0 radical (unpaired) electrons. The van der Waals surface area contributed by atoms with Gasteiger partial charge in [-0.1, -0.05) is 12.1 Å². The zero-order valence-electron chi connectivity index (χ0n) is 15.5. The van der Waals surface area contributed by atoms with Crippen molar-refractivity contribution in [3.05, 3.63) is 48.0 Å². The molecule has 0 saturated carbocycles. The summed E-state index contributed by atoms with van der Waals surface area (Å²) in [6.45, 7) is -0.587. The van der Waals surface area contributed by atoms with E-state index in [0.717, 1.165) is 10.6 Å². The SMILES string of the molecule is COc1ccc(OC)c(N(CC(=O)Nc2ccccc2C(=O)O)S(C)(=O)=O)c1. The molecule has 0 aliphatic carbocycles. The predicted octanol–water partition coefficient (Wildman–Crippen LogP) is 1.81. The number of carbonyl (C=O) groups is 2. The highest BCUT2D eigenvalue weighted by molar-refractivity contribution is 7.92. The summed E-state index contributed by atoms with van der Waals surface area (Å²) < 4.78 is 35.8. The van der Waals surface area contributed by atoms with Gasteiger partial charge in [0.05, 0.1) is 37.4 Å². The smallest absolute Gasteiger partial charge is 0.337 e. The van der Waals surface area contributed by atoms with Gasteiger partial charge in [0.25, 0.3) is 0 Å². The molecule has 0 saturated heterocycles. The fourth-order valence-electron chi connectivity index (χ4n) is 2.47. The van der Waals surface area contributed by atoms with E-state index in [4.69, 9.17) is 9.47 Å². The first-order chi connectivity index (χ1) is 13.2. The van der Waals surface area contributed by atoms with Crippen molar-refractivity contribution in [2.75, 3.05) is 36.6 Å². The molecule has 0 heterocycles. The molecule has 2 aromatic carbocycles. The average Bonchev–Trinajstić information content (AvgIpc) is 2.65. The minimum atomic E-state index is -3.87. The Morgan fingerprint density at radius 2 is 1.79 bits per heavy atom. The van der Waals surface area contributed by atoms with Gasteiger partial charge in [0.1, 0.15) is 18.0 Å². The van der Waals surface area contributed by atoms with E-state index in [9.17, 15) is 23.1 Å². The number of hydrogen-bond donors (Lipinski definition) is 2. The summed E-state index contributed by atoms with van der Waals surface area (Å²) in [6.07, 6.45) is 0.949. The Bertz CT molecular complexity index is 989.